The van der Waals surface area contributed by atoms with E-state index in [1.54, 1.807) is 4.68 Å². The second-order valence-corrected chi connectivity index (χ2v) is 4.57. The molecule has 5 nitrogen and oxygen atoms in total. The summed E-state index contributed by atoms with van der Waals surface area (Å²) in [6.07, 6.45) is 4.69. The van der Waals surface area contributed by atoms with Crippen LogP contribution < -0.4 is 10.1 Å². The highest BCUT2D eigenvalue weighted by Crippen LogP contribution is 2.21. The predicted molar refractivity (Wildman–Crippen MR) is 77.4 cm³/mol. The van der Waals surface area contributed by atoms with Crippen LogP contribution in [0.25, 0.3) is 11.1 Å². The lowest BCUT2D eigenvalue weighted by atomic mass is 10.1. The van der Waals surface area contributed by atoms with Crippen molar-refractivity contribution in [2.45, 2.75) is 13.3 Å². The van der Waals surface area contributed by atoms with Gasteiger partial charge in [0, 0.05) is 25.4 Å². The first-order chi connectivity index (χ1) is 9.69. The first kappa shape index (κ1) is 14.1. The molecule has 1 aromatic heterocycles. The van der Waals surface area contributed by atoms with Crippen molar-refractivity contribution < 1.29 is 9.53 Å². The first-order valence-corrected chi connectivity index (χ1v) is 6.67. The molecule has 0 bridgehead atoms. The number of hydrogen-bond acceptors (Lipinski definition) is 3. The lowest BCUT2D eigenvalue weighted by Crippen LogP contribution is -2.29. The van der Waals surface area contributed by atoms with Crippen molar-refractivity contribution in [3.63, 3.8) is 0 Å². The number of hydrogen-bond donors (Lipinski definition) is 1. The summed E-state index contributed by atoms with van der Waals surface area (Å²) >= 11 is 0. The van der Waals surface area contributed by atoms with Gasteiger partial charge in [-0.3, -0.25) is 9.48 Å². The van der Waals surface area contributed by atoms with Gasteiger partial charge in [-0.25, -0.2) is 0 Å². The van der Waals surface area contributed by atoms with Gasteiger partial charge < -0.3 is 10.1 Å². The lowest BCUT2D eigenvalue weighted by molar-refractivity contribution is -0.123. The van der Waals surface area contributed by atoms with E-state index in [-0.39, 0.29) is 12.5 Å². The summed E-state index contributed by atoms with van der Waals surface area (Å²) in [4.78, 5) is 11.4. The molecule has 106 valence electrons. The van der Waals surface area contributed by atoms with Crippen LogP contribution >= 0.6 is 0 Å². The summed E-state index contributed by atoms with van der Waals surface area (Å²) in [7, 11) is 1.88. The molecule has 1 heterocycles. The fourth-order valence-corrected chi connectivity index (χ4v) is 1.78. The van der Waals surface area contributed by atoms with Crippen molar-refractivity contribution in [1.29, 1.82) is 0 Å². The third-order valence-electron chi connectivity index (χ3n) is 2.83. The van der Waals surface area contributed by atoms with E-state index in [0.717, 1.165) is 17.5 Å². The molecule has 0 aliphatic heterocycles. The molecule has 0 aliphatic rings. The smallest absolute Gasteiger partial charge is 0.257 e. The summed E-state index contributed by atoms with van der Waals surface area (Å²) in [6, 6.07) is 7.62. The minimum atomic E-state index is -0.0943. The van der Waals surface area contributed by atoms with E-state index < -0.39 is 0 Å². The van der Waals surface area contributed by atoms with E-state index in [1.807, 2.05) is 50.6 Å². The monoisotopic (exact) mass is 273 g/mol. The molecule has 1 aromatic carbocycles. The molecule has 1 N–H and O–H groups in total. The number of aromatic nitrogens is 2. The van der Waals surface area contributed by atoms with Gasteiger partial charge in [-0.05, 0) is 24.1 Å². The molecule has 5 heteroatoms. The second kappa shape index (κ2) is 6.75. The van der Waals surface area contributed by atoms with Gasteiger partial charge in [0.25, 0.3) is 5.91 Å². The summed E-state index contributed by atoms with van der Waals surface area (Å²) in [5, 5.41) is 6.90. The lowest BCUT2D eigenvalue weighted by Gasteiger charge is -2.07. The van der Waals surface area contributed by atoms with E-state index in [0.29, 0.717) is 12.3 Å². The van der Waals surface area contributed by atoms with Gasteiger partial charge in [-0.15, -0.1) is 0 Å². The average molecular weight is 273 g/mol. The number of amides is 1. The Balaban J connectivity index is 1.90. The summed E-state index contributed by atoms with van der Waals surface area (Å²) in [5.41, 5.74) is 2.13. The average Bonchev–Trinajstić information content (AvgIpc) is 2.90. The highest BCUT2D eigenvalue weighted by molar-refractivity contribution is 5.77. The highest BCUT2D eigenvalue weighted by Gasteiger charge is 2.03. The number of nitrogens with one attached hydrogen (secondary N) is 1. The number of aryl methyl sites for hydroxylation is 1. The molecule has 0 radical (unpaired) electrons. The number of ether oxygens (including phenoxy) is 1. The fraction of sp³-hybridized carbons (Fsp3) is 0.333. The third kappa shape index (κ3) is 3.85. The van der Waals surface area contributed by atoms with E-state index in [2.05, 4.69) is 10.4 Å². The number of carbonyl (C=O) groups excluding carboxylic acids is 1. The molecule has 0 spiro atoms. The van der Waals surface area contributed by atoms with Gasteiger partial charge in [0.1, 0.15) is 5.75 Å². The molecular formula is C15H19N3O2. The Bertz CT molecular complexity index is 561. The Morgan fingerprint density at radius 3 is 2.65 bits per heavy atom. The Hall–Kier alpha value is -2.30. The zero-order chi connectivity index (χ0) is 14.4. The van der Waals surface area contributed by atoms with Crippen LogP contribution in [0.5, 0.6) is 5.75 Å². The Kier molecular flexibility index (Phi) is 4.76. The molecule has 0 saturated carbocycles. The van der Waals surface area contributed by atoms with Crippen molar-refractivity contribution in [3.8, 4) is 16.9 Å². The molecule has 2 aromatic rings. The van der Waals surface area contributed by atoms with Gasteiger partial charge in [-0.2, -0.15) is 5.10 Å². The molecule has 2 rings (SSSR count). The van der Waals surface area contributed by atoms with Crippen molar-refractivity contribution in [1.82, 2.24) is 15.1 Å². The third-order valence-corrected chi connectivity index (χ3v) is 2.83. The number of rotatable bonds is 6. The molecule has 1 amide bonds. The number of benzene rings is 1. The highest BCUT2D eigenvalue weighted by atomic mass is 16.5. The van der Waals surface area contributed by atoms with Crippen LogP contribution in [-0.2, 0) is 11.8 Å². The quantitative estimate of drug-likeness (QED) is 0.875. The van der Waals surface area contributed by atoms with Crippen molar-refractivity contribution in [3.05, 3.63) is 36.7 Å². The van der Waals surface area contributed by atoms with E-state index in [9.17, 15) is 4.79 Å². The Labute approximate surface area is 118 Å². The predicted octanol–water partition coefficient (Wildman–Crippen LogP) is 1.99. The van der Waals surface area contributed by atoms with Crippen LogP contribution in [0.4, 0.5) is 0 Å². The van der Waals surface area contributed by atoms with E-state index in [4.69, 9.17) is 4.74 Å². The van der Waals surface area contributed by atoms with E-state index >= 15 is 0 Å². The first-order valence-electron chi connectivity index (χ1n) is 6.67. The summed E-state index contributed by atoms with van der Waals surface area (Å²) in [6.45, 7) is 2.74. The van der Waals surface area contributed by atoms with Crippen molar-refractivity contribution in [2.24, 2.45) is 7.05 Å². The molecule has 0 aliphatic carbocycles. The molecule has 20 heavy (non-hydrogen) atoms. The SMILES string of the molecule is CCCNC(=O)COc1ccc(-c2cnn(C)c2)cc1. The van der Waals surface area contributed by atoms with Crippen LogP contribution in [0.2, 0.25) is 0 Å². The van der Waals surface area contributed by atoms with Crippen LogP contribution in [0.3, 0.4) is 0 Å². The topological polar surface area (TPSA) is 56.1 Å². The standard InChI is InChI=1S/C15H19N3O2/c1-3-8-16-15(19)11-20-14-6-4-12(5-7-14)13-9-17-18(2)10-13/h4-7,9-10H,3,8,11H2,1-2H3,(H,16,19). The Morgan fingerprint density at radius 2 is 2.05 bits per heavy atom. The van der Waals surface area contributed by atoms with Gasteiger partial charge in [-0.1, -0.05) is 19.1 Å². The molecular weight excluding hydrogens is 254 g/mol. The summed E-state index contributed by atoms with van der Waals surface area (Å²) < 4.78 is 7.19. The Morgan fingerprint density at radius 1 is 1.30 bits per heavy atom. The molecule has 0 unspecified atom stereocenters. The minimum absolute atomic E-state index is 0.0479. The van der Waals surface area contributed by atoms with Crippen molar-refractivity contribution in [2.75, 3.05) is 13.2 Å². The molecule has 0 atom stereocenters. The van der Waals surface area contributed by atoms with E-state index in [1.165, 1.54) is 0 Å². The normalized spacial score (nSPS) is 10.3. The van der Waals surface area contributed by atoms with Gasteiger partial charge in [0.05, 0.1) is 6.20 Å². The van der Waals surface area contributed by atoms with Crippen LogP contribution in [0.15, 0.2) is 36.7 Å². The zero-order valence-corrected chi connectivity index (χ0v) is 11.8. The van der Waals surface area contributed by atoms with Crippen molar-refractivity contribution >= 4 is 5.91 Å². The molecule has 0 fully saturated rings. The molecule has 0 saturated heterocycles. The minimum Gasteiger partial charge on any atom is -0.484 e. The second-order valence-electron chi connectivity index (χ2n) is 4.57. The van der Waals surface area contributed by atoms with Crippen LogP contribution in [0, 0.1) is 0 Å². The van der Waals surface area contributed by atoms with Crippen LogP contribution in [0.1, 0.15) is 13.3 Å². The maximum atomic E-state index is 11.4. The number of nitrogens with zero attached hydrogens (tertiary/aromatic N) is 2. The number of carbonyl (C=O) groups is 1. The van der Waals surface area contributed by atoms with Gasteiger partial charge >= 0.3 is 0 Å². The fourth-order valence-electron chi connectivity index (χ4n) is 1.78. The van der Waals surface area contributed by atoms with Gasteiger partial charge in [0.2, 0.25) is 0 Å². The maximum absolute atomic E-state index is 11.4. The van der Waals surface area contributed by atoms with Crippen LogP contribution in [-0.4, -0.2) is 28.8 Å². The largest absolute Gasteiger partial charge is 0.484 e. The maximum Gasteiger partial charge on any atom is 0.257 e. The summed E-state index contributed by atoms with van der Waals surface area (Å²) in [5.74, 6) is 0.590. The zero-order valence-electron chi connectivity index (χ0n) is 11.8. The van der Waals surface area contributed by atoms with Gasteiger partial charge in [0.15, 0.2) is 6.61 Å².